The molecule has 0 saturated heterocycles. The number of nitrogens with zero attached hydrogens (tertiary/aromatic N) is 1. The zero-order chi connectivity index (χ0) is 19.1. The summed E-state index contributed by atoms with van der Waals surface area (Å²) in [5.41, 5.74) is 1.26. The number of hydrogen-bond acceptors (Lipinski definition) is 3. The van der Waals surface area contributed by atoms with Crippen molar-refractivity contribution in [1.29, 1.82) is 0 Å². The lowest BCUT2D eigenvalue weighted by atomic mass is 10.2. The summed E-state index contributed by atoms with van der Waals surface area (Å²) in [6, 6.07) is 12.6. The maximum atomic E-state index is 13.1. The van der Waals surface area contributed by atoms with E-state index in [0.717, 1.165) is 9.54 Å². The van der Waals surface area contributed by atoms with Crippen LogP contribution in [-0.2, 0) is 10.0 Å². The topological polar surface area (TPSA) is 48.3 Å². The molecule has 0 fully saturated rings. The molecule has 26 heavy (non-hydrogen) atoms. The molecule has 0 aliphatic carbocycles. The third-order valence-electron chi connectivity index (χ3n) is 3.94. The summed E-state index contributed by atoms with van der Waals surface area (Å²) >= 11 is 0. The number of ether oxygens (including phenoxy) is 1. The minimum atomic E-state index is -4.52. The largest absolute Gasteiger partial charge is 0.482 e. The van der Waals surface area contributed by atoms with Gasteiger partial charge in [-0.05, 0) is 38.1 Å². The lowest BCUT2D eigenvalue weighted by molar-refractivity contribution is -0.153. The smallest absolute Gasteiger partial charge is 0.422 e. The number of aromatic nitrogens is 1. The van der Waals surface area contributed by atoms with Crippen molar-refractivity contribution >= 4 is 20.9 Å². The Morgan fingerprint density at radius 2 is 1.62 bits per heavy atom. The first-order valence-corrected chi connectivity index (χ1v) is 9.17. The van der Waals surface area contributed by atoms with Gasteiger partial charge in [-0.25, -0.2) is 12.4 Å². The van der Waals surface area contributed by atoms with E-state index in [1.54, 1.807) is 24.3 Å². The Balaban J connectivity index is 2.20. The van der Waals surface area contributed by atoms with Crippen LogP contribution in [0.15, 0.2) is 53.4 Å². The van der Waals surface area contributed by atoms with Gasteiger partial charge in [0.15, 0.2) is 6.61 Å². The van der Waals surface area contributed by atoms with Crippen LogP contribution in [0.5, 0.6) is 5.75 Å². The number of alkyl halides is 3. The Bertz CT molecular complexity index is 1050. The SMILES string of the molecule is Cc1ccc(S(=O)(=O)n2c(C)c(OCC(F)(F)F)c3ccccc32)cc1. The highest BCUT2D eigenvalue weighted by molar-refractivity contribution is 7.90. The Morgan fingerprint density at radius 1 is 1.00 bits per heavy atom. The van der Waals surface area contributed by atoms with Crippen LogP contribution in [0.1, 0.15) is 11.3 Å². The fraction of sp³-hybridized carbons (Fsp3) is 0.222. The van der Waals surface area contributed by atoms with Crippen LogP contribution >= 0.6 is 0 Å². The lowest BCUT2D eigenvalue weighted by Crippen LogP contribution is -2.20. The molecule has 0 saturated carbocycles. The van der Waals surface area contributed by atoms with Gasteiger partial charge >= 0.3 is 6.18 Å². The fourth-order valence-corrected chi connectivity index (χ4v) is 4.32. The van der Waals surface area contributed by atoms with E-state index in [1.807, 2.05) is 6.92 Å². The second kappa shape index (κ2) is 6.35. The van der Waals surface area contributed by atoms with Crippen LogP contribution in [0.4, 0.5) is 13.2 Å². The van der Waals surface area contributed by atoms with E-state index in [2.05, 4.69) is 0 Å². The number of halogens is 3. The van der Waals surface area contributed by atoms with Crippen molar-refractivity contribution in [3.8, 4) is 5.75 Å². The Labute approximate surface area is 148 Å². The third-order valence-corrected chi connectivity index (χ3v) is 5.76. The summed E-state index contributed by atoms with van der Waals surface area (Å²) in [6.07, 6.45) is -4.52. The predicted molar refractivity (Wildman–Crippen MR) is 92.0 cm³/mol. The average molecular weight is 383 g/mol. The van der Waals surface area contributed by atoms with Crippen molar-refractivity contribution in [2.24, 2.45) is 0 Å². The van der Waals surface area contributed by atoms with Crippen molar-refractivity contribution in [1.82, 2.24) is 3.97 Å². The van der Waals surface area contributed by atoms with Crippen molar-refractivity contribution in [2.45, 2.75) is 24.9 Å². The quantitative estimate of drug-likeness (QED) is 0.669. The Kier molecular flexibility index (Phi) is 4.47. The predicted octanol–water partition coefficient (Wildman–Crippen LogP) is 4.44. The van der Waals surface area contributed by atoms with Crippen LogP contribution in [0, 0.1) is 13.8 Å². The van der Waals surface area contributed by atoms with E-state index in [4.69, 9.17) is 4.74 Å². The number of aryl methyl sites for hydroxylation is 1. The van der Waals surface area contributed by atoms with Crippen molar-refractivity contribution in [3.05, 3.63) is 59.8 Å². The number of para-hydroxylation sites is 1. The van der Waals surface area contributed by atoms with Gasteiger partial charge in [0.2, 0.25) is 0 Å². The first-order valence-electron chi connectivity index (χ1n) is 7.73. The van der Waals surface area contributed by atoms with Crippen LogP contribution in [0.3, 0.4) is 0 Å². The molecule has 0 spiro atoms. The second-order valence-corrected chi connectivity index (χ2v) is 7.70. The molecule has 0 N–H and O–H groups in total. The summed E-state index contributed by atoms with van der Waals surface area (Å²) in [6.45, 7) is 1.76. The molecular weight excluding hydrogens is 367 g/mol. The maximum Gasteiger partial charge on any atom is 0.422 e. The van der Waals surface area contributed by atoms with Gasteiger partial charge in [-0.3, -0.25) is 0 Å². The van der Waals surface area contributed by atoms with Crippen LogP contribution in [0.2, 0.25) is 0 Å². The molecule has 2 aromatic carbocycles. The van der Waals surface area contributed by atoms with Gasteiger partial charge in [0.05, 0.1) is 16.1 Å². The van der Waals surface area contributed by atoms with Crippen LogP contribution < -0.4 is 4.74 Å². The standard InChI is InChI=1S/C18H16F3NO3S/c1-12-7-9-14(10-8-12)26(23,24)22-13(2)17(25-11-18(19,20)21)15-5-3-4-6-16(15)22/h3-10H,11H2,1-2H3. The molecule has 8 heteroatoms. The van der Waals surface area contributed by atoms with Crippen LogP contribution in [0.25, 0.3) is 10.9 Å². The van der Waals surface area contributed by atoms with Gasteiger partial charge in [-0.15, -0.1) is 0 Å². The van der Waals surface area contributed by atoms with Crippen molar-refractivity contribution < 1.29 is 26.3 Å². The summed E-state index contributed by atoms with van der Waals surface area (Å²) in [5, 5.41) is 0.310. The average Bonchev–Trinajstić information content (AvgIpc) is 2.84. The Morgan fingerprint density at radius 3 is 2.23 bits per heavy atom. The fourth-order valence-electron chi connectivity index (χ4n) is 2.77. The number of fused-ring (bicyclic) bond motifs is 1. The highest BCUT2D eigenvalue weighted by Crippen LogP contribution is 2.36. The highest BCUT2D eigenvalue weighted by Gasteiger charge is 2.31. The van der Waals surface area contributed by atoms with E-state index in [1.165, 1.54) is 31.2 Å². The van der Waals surface area contributed by atoms with Gasteiger partial charge in [0.1, 0.15) is 5.75 Å². The first kappa shape index (κ1) is 18.3. The number of benzene rings is 2. The van der Waals surface area contributed by atoms with Gasteiger partial charge in [0.25, 0.3) is 10.0 Å². The molecule has 0 unspecified atom stereocenters. The van der Waals surface area contributed by atoms with E-state index in [-0.39, 0.29) is 21.9 Å². The second-order valence-electron chi connectivity index (χ2n) is 5.92. The summed E-state index contributed by atoms with van der Waals surface area (Å²) in [4.78, 5) is 0.0503. The van der Waals surface area contributed by atoms with E-state index >= 15 is 0 Å². The molecule has 0 bridgehead atoms. The molecule has 0 aliphatic heterocycles. The molecule has 0 atom stereocenters. The molecule has 4 nitrogen and oxygen atoms in total. The zero-order valence-corrected chi connectivity index (χ0v) is 14.9. The van der Waals surface area contributed by atoms with E-state index in [9.17, 15) is 21.6 Å². The zero-order valence-electron chi connectivity index (χ0n) is 14.0. The van der Waals surface area contributed by atoms with Gasteiger partial charge in [0, 0.05) is 5.39 Å². The number of rotatable bonds is 4. The normalized spacial score (nSPS) is 12.5. The van der Waals surface area contributed by atoms with Gasteiger partial charge in [-0.1, -0.05) is 29.8 Å². The molecule has 0 aliphatic rings. The van der Waals surface area contributed by atoms with Crippen LogP contribution in [-0.4, -0.2) is 25.2 Å². The van der Waals surface area contributed by atoms with Gasteiger partial charge < -0.3 is 4.74 Å². The number of hydrogen-bond donors (Lipinski definition) is 0. The maximum absolute atomic E-state index is 13.1. The van der Waals surface area contributed by atoms with Gasteiger partial charge in [-0.2, -0.15) is 13.2 Å². The molecule has 3 aromatic rings. The van der Waals surface area contributed by atoms with Crippen molar-refractivity contribution in [2.75, 3.05) is 6.61 Å². The molecule has 1 aromatic heterocycles. The summed E-state index contributed by atoms with van der Waals surface area (Å²) in [5.74, 6) is -0.0892. The Hall–Kier alpha value is -2.48. The molecule has 138 valence electrons. The summed E-state index contributed by atoms with van der Waals surface area (Å²) in [7, 11) is -3.99. The monoisotopic (exact) mass is 383 g/mol. The highest BCUT2D eigenvalue weighted by atomic mass is 32.2. The minimum Gasteiger partial charge on any atom is -0.482 e. The lowest BCUT2D eigenvalue weighted by Gasteiger charge is -2.11. The molecular formula is C18H16F3NO3S. The first-order chi connectivity index (χ1) is 12.1. The van der Waals surface area contributed by atoms with Crippen molar-refractivity contribution in [3.63, 3.8) is 0 Å². The van der Waals surface area contributed by atoms with E-state index < -0.39 is 22.8 Å². The molecule has 1 heterocycles. The molecule has 3 rings (SSSR count). The minimum absolute atomic E-state index is 0.0503. The third kappa shape index (κ3) is 3.29. The molecule has 0 radical (unpaired) electrons. The molecule has 0 amide bonds. The van der Waals surface area contributed by atoms with E-state index in [0.29, 0.717) is 5.39 Å². The summed E-state index contributed by atoms with van der Waals surface area (Å²) < 4.78 is 69.8.